The van der Waals surface area contributed by atoms with E-state index in [2.05, 4.69) is 5.32 Å². The number of carboxylic acid groups (broad SMARTS) is 1. The van der Waals surface area contributed by atoms with Gasteiger partial charge in [-0.25, -0.2) is 0 Å². The van der Waals surface area contributed by atoms with Gasteiger partial charge < -0.3 is 21.0 Å². The predicted molar refractivity (Wildman–Crippen MR) is 53.7 cm³/mol. The molecule has 0 aliphatic heterocycles. The standard InChI is InChI=1S/C10H14N2O2/c1-7-6-8(2-3-9(7)11)12-5-4-10(13)14/h2-3,6,12H,4-5,11H2,1H3,(H,13,14)/p-1. The van der Waals surface area contributed by atoms with Crippen molar-refractivity contribution in [3.63, 3.8) is 0 Å². The number of carboxylic acids is 1. The summed E-state index contributed by atoms with van der Waals surface area (Å²) in [5.74, 6) is -1.05. The van der Waals surface area contributed by atoms with E-state index in [-0.39, 0.29) is 6.42 Å². The average molecular weight is 193 g/mol. The first kappa shape index (κ1) is 10.4. The molecule has 0 radical (unpaired) electrons. The number of nitrogen functional groups attached to an aromatic ring is 1. The molecule has 0 spiro atoms. The highest BCUT2D eigenvalue weighted by Gasteiger charge is 1.95. The van der Waals surface area contributed by atoms with Gasteiger partial charge in [-0.1, -0.05) is 0 Å². The van der Waals surface area contributed by atoms with Gasteiger partial charge in [0.25, 0.3) is 0 Å². The molecule has 1 aromatic carbocycles. The van der Waals surface area contributed by atoms with Crippen LogP contribution >= 0.6 is 0 Å². The number of carbonyl (C=O) groups excluding carboxylic acids is 1. The Morgan fingerprint density at radius 3 is 2.86 bits per heavy atom. The second kappa shape index (κ2) is 4.50. The molecule has 0 aromatic heterocycles. The van der Waals surface area contributed by atoms with Crippen molar-refractivity contribution in [2.45, 2.75) is 13.3 Å². The quantitative estimate of drug-likeness (QED) is 0.666. The van der Waals surface area contributed by atoms with Crippen molar-refractivity contribution in [3.05, 3.63) is 23.8 Å². The Morgan fingerprint density at radius 2 is 2.29 bits per heavy atom. The second-order valence-corrected chi connectivity index (χ2v) is 3.12. The molecule has 0 unspecified atom stereocenters. The summed E-state index contributed by atoms with van der Waals surface area (Å²) < 4.78 is 0. The number of benzene rings is 1. The van der Waals surface area contributed by atoms with Crippen LogP contribution in [-0.2, 0) is 4.79 Å². The summed E-state index contributed by atoms with van der Waals surface area (Å²) in [5.41, 5.74) is 8.21. The Morgan fingerprint density at radius 1 is 1.57 bits per heavy atom. The SMILES string of the molecule is Cc1cc(NCCC(=O)[O-])ccc1N. The number of anilines is 2. The Kier molecular flexibility index (Phi) is 3.34. The van der Waals surface area contributed by atoms with Crippen molar-refractivity contribution in [2.75, 3.05) is 17.6 Å². The van der Waals surface area contributed by atoms with E-state index in [0.717, 1.165) is 16.9 Å². The fourth-order valence-electron chi connectivity index (χ4n) is 1.09. The molecule has 14 heavy (non-hydrogen) atoms. The predicted octanol–water partition coefficient (Wildman–Crippen LogP) is 0.129. The molecular formula is C10H13N2O2-. The monoisotopic (exact) mass is 193 g/mol. The Labute approximate surface area is 82.7 Å². The van der Waals surface area contributed by atoms with E-state index in [1.807, 2.05) is 19.1 Å². The van der Waals surface area contributed by atoms with Crippen LogP contribution in [0.2, 0.25) is 0 Å². The number of nitrogens with one attached hydrogen (secondary N) is 1. The molecule has 4 heteroatoms. The van der Waals surface area contributed by atoms with Crippen molar-refractivity contribution < 1.29 is 9.90 Å². The van der Waals surface area contributed by atoms with Gasteiger partial charge in [0.2, 0.25) is 0 Å². The summed E-state index contributed by atoms with van der Waals surface area (Å²) in [6.07, 6.45) is 0.00340. The zero-order valence-electron chi connectivity index (χ0n) is 8.04. The van der Waals surface area contributed by atoms with E-state index in [4.69, 9.17) is 5.73 Å². The van der Waals surface area contributed by atoms with Crippen molar-refractivity contribution >= 4 is 17.3 Å². The summed E-state index contributed by atoms with van der Waals surface area (Å²) in [6.45, 7) is 2.27. The number of aryl methyl sites for hydroxylation is 1. The van der Waals surface area contributed by atoms with Crippen LogP contribution in [0.1, 0.15) is 12.0 Å². The molecule has 3 N–H and O–H groups in total. The first-order valence-electron chi connectivity index (χ1n) is 4.39. The molecule has 1 rings (SSSR count). The normalized spacial score (nSPS) is 9.79. The summed E-state index contributed by atoms with van der Waals surface area (Å²) >= 11 is 0. The first-order valence-corrected chi connectivity index (χ1v) is 4.39. The lowest BCUT2D eigenvalue weighted by atomic mass is 10.2. The lowest BCUT2D eigenvalue weighted by molar-refractivity contribution is -0.305. The molecule has 4 nitrogen and oxygen atoms in total. The number of nitrogens with two attached hydrogens (primary N) is 1. The molecule has 0 bridgehead atoms. The van der Waals surface area contributed by atoms with E-state index < -0.39 is 5.97 Å². The highest BCUT2D eigenvalue weighted by molar-refractivity contribution is 5.65. The molecule has 1 aromatic rings. The van der Waals surface area contributed by atoms with Gasteiger partial charge in [0.15, 0.2) is 0 Å². The van der Waals surface area contributed by atoms with E-state index in [1.54, 1.807) is 6.07 Å². The molecule has 0 saturated carbocycles. The Balaban J connectivity index is 2.51. The number of aliphatic carboxylic acids is 1. The fraction of sp³-hybridized carbons (Fsp3) is 0.300. The number of carbonyl (C=O) groups is 1. The van der Waals surface area contributed by atoms with Crippen LogP contribution in [0.4, 0.5) is 11.4 Å². The molecular weight excluding hydrogens is 180 g/mol. The number of rotatable bonds is 4. The van der Waals surface area contributed by atoms with Crippen molar-refractivity contribution in [2.24, 2.45) is 0 Å². The van der Waals surface area contributed by atoms with Crippen LogP contribution in [0, 0.1) is 6.92 Å². The third-order valence-corrected chi connectivity index (χ3v) is 1.93. The van der Waals surface area contributed by atoms with Crippen LogP contribution in [0.3, 0.4) is 0 Å². The summed E-state index contributed by atoms with van der Waals surface area (Å²) in [4.78, 5) is 10.1. The zero-order valence-corrected chi connectivity index (χ0v) is 8.04. The van der Waals surface area contributed by atoms with Crippen LogP contribution in [0.5, 0.6) is 0 Å². The molecule has 0 aliphatic rings. The number of hydrogen-bond donors (Lipinski definition) is 2. The molecule has 0 heterocycles. The van der Waals surface area contributed by atoms with Gasteiger partial charge in [0, 0.05) is 30.3 Å². The van der Waals surface area contributed by atoms with Gasteiger partial charge in [0.1, 0.15) is 0 Å². The third kappa shape index (κ3) is 2.97. The van der Waals surface area contributed by atoms with E-state index in [0.29, 0.717) is 6.54 Å². The number of hydrogen-bond acceptors (Lipinski definition) is 4. The fourth-order valence-corrected chi connectivity index (χ4v) is 1.09. The lowest BCUT2D eigenvalue weighted by Gasteiger charge is -2.08. The summed E-state index contributed by atoms with van der Waals surface area (Å²) in [5, 5.41) is 13.1. The summed E-state index contributed by atoms with van der Waals surface area (Å²) in [7, 11) is 0. The minimum atomic E-state index is -1.05. The van der Waals surface area contributed by atoms with E-state index in [9.17, 15) is 9.90 Å². The molecule has 0 saturated heterocycles. The molecule has 0 atom stereocenters. The molecule has 0 aliphatic carbocycles. The molecule has 76 valence electrons. The second-order valence-electron chi connectivity index (χ2n) is 3.12. The minimum absolute atomic E-state index is 0.00340. The van der Waals surface area contributed by atoms with Crippen molar-refractivity contribution in [1.29, 1.82) is 0 Å². The summed E-state index contributed by atoms with van der Waals surface area (Å²) in [6, 6.07) is 5.49. The smallest absolute Gasteiger partial charge is 0.0431 e. The highest BCUT2D eigenvalue weighted by atomic mass is 16.4. The Hall–Kier alpha value is -1.71. The van der Waals surface area contributed by atoms with E-state index in [1.165, 1.54) is 0 Å². The zero-order chi connectivity index (χ0) is 10.6. The van der Waals surface area contributed by atoms with Crippen LogP contribution in [0.25, 0.3) is 0 Å². The van der Waals surface area contributed by atoms with Gasteiger partial charge in [-0.2, -0.15) is 0 Å². The third-order valence-electron chi connectivity index (χ3n) is 1.93. The molecule has 0 fully saturated rings. The van der Waals surface area contributed by atoms with Gasteiger partial charge in [-0.15, -0.1) is 0 Å². The lowest BCUT2D eigenvalue weighted by Crippen LogP contribution is -2.24. The average Bonchev–Trinajstić information content (AvgIpc) is 2.10. The maximum absolute atomic E-state index is 10.1. The topological polar surface area (TPSA) is 78.2 Å². The maximum Gasteiger partial charge on any atom is 0.0431 e. The van der Waals surface area contributed by atoms with Crippen molar-refractivity contribution in [1.82, 2.24) is 0 Å². The van der Waals surface area contributed by atoms with Crippen LogP contribution in [-0.4, -0.2) is 12.5 Å². The minimum Gasteiger partial charge on any atom is -0.550 e. The first-order chi connectivity index (χ1) is 6.59. The van der Waals surface area contributed by atoms with Gasteiger partial charge in [0.05, 0.1) is 0 Å². The van der Waals surface area contributed by atoms with Gasteiger partial charge >= 0.3 is 0 Å². The van der Waals surface area contributed by atoms with Gasteiger partial charge in [-0.05, 0) is 30.7 Å². The molecule has 0 amide bonds. The largest absolute Gasteiger partial charge is 0.550 e. The van der Waals surface area contributed by atoms with E-state index >= 15 is 0 Å². The van der Waals surface area contributed by atoms with Crippen LogP contribution < -0.4 is 16.2 Å². The maximum atomic E-state index is 10.1. The van der Waals surface area contributed by atoms with Gasteiger partial charge in [-0.3, -0.25) is 0 Å². The van der Waals surface area contributed by atoms with Crippen molar-refractivity contribution in [3.8, 4) is 0 Å². The highest BCUT2D eigenvalue weighted by Crippen LogP contribution is 2.16. The van der Waals surface area contributed by atoms with Crippen LogP contribution in [0.15, 0.2) is 18.2 Å². The Bertz CT molecular complexity index is 337.